The molecule has 30 heavy (non-hydrogen) atoms. The summed E-state index contributed by atoms with van der Waals surface area (Å²) in [6, 6.07) is 10.6. The Morgan fingerprint density at radius 1 is 1.07 bits per heavy atom. The van der Waals surface area contributed by atoms with Gasteiger partial charge in [-0.15, -0.1) is 0 Å². The topological polar surface area (TPSA) is 84.9 Å². The van der Waals surface area contributed by atoms with Crippen molar-refractivity contribution in [1.29, 1.82) is 0 Å². The summed E-state index contributed by atoms with van der Waals surface area (Å²) in [5.41, 5.74) is 3.16. The van der Waals surface area contributed by atoms with Crippen molar-refractivity contribution in [2.24, 2.45) is 0 Å². The van der Waals surface area contributed by atoms with Crippen molar-refractivity contribution in [3.63, 3.8) is 0 Å². The van der Waals surface area contributed by atoms with Crippen LogP contribution in [-0.4, -0.2) is 41.3 Å². The fourth-order valence-corrected chi connectivity index (χ4v) is 4.24. The molecule has 0 heterocycles. The molecule has 0 spiro atoms. The van der Waals surface area contributed by atoms with Crippen molar-refractivity contribution in [1.82, 2.24) is 5.32 Å². The molecule has 0 radical (unpaired) electrons. The number of methoxy groups -OCH3 is 2. The lowest BCUT2D eigenvalue weighted by molar-refractivity contribution is -0.120. The summed E-state index contributed by atoms with van der Waals surface area (Å²) in [6.07, 6.45) is 1.73. The smallest absolute Gasteiger partial charge is 0.241 e. The zero-order chi connectivity index (χ0) is 22.5. The Kier molecular flexibility index (Phi) is 7.72. The monoisotopic (exact) mass is 434 g/mol. The fourth-order valence-electron chi connectivity index (χ4n) is 3.33. The molecule has 0 saturated heterocycles. The molecule has 7 nitrogen and oxygen atoms in total. The van der Waals surface area contributed by atoms with E-state index in [2.05, 4.69) is 5.32 Å². The van der Waals surface area contributed by atoms with E-state index < -0.39 is 10.0 Å². The minimum atomic E-state index is -3.64. The number of nitrogens with zero attached hydrogens (tertiary/aromatic N) is 1. The maximum absolute atomic E-state index is 12.8. The van der Waals surface area contributed by atoms with E-state index in [4.69, 9.17) is 9.47 Å². The molecule has 2 aromatic carbocycles. The van der Waals surface area contributed by atoms with Crippen molar-refractivity contribution >= 4 is 21.6 Å². The van der Waals surface area contributed by atoms with Gasteiger partial charge < -0.3 is 14.8 Å². The molecule has 1 amide bonds. The number of ether oxygens (including phenoxy) is 2. The first kappa shape index (κ1) is 23.5. The summed E-state index contributed by atoms with van der Waals surface area (Å²) in [6.45, 7) is 5.41. The lowest BCUT2D eigenvalue weighted by atomic mass is 10.0. The molecule has 8 heteroatoms. The Morgan fingerprint density at radius 2 is 1.73 bits per heavy atom. The van der Waals surface area contributed by atoms with E-state index in [0.29, 0.717) is 23.6 Å². The second-order valence-corrected chi connectivity index (χ2v) is 9.11. The van der Waals surface area contributed by atoms with Gasteiger partial charge in [-0.1, -0.05) is 30.7 Å². The minimum absolute atomic E-state index is 0.294. The number of carbonyl (C=O) groups is 1. The number of rotatable bonds is 9. The predicted molar refractivity (Wildman–Crippen MR) is 119 cm³/mol. The highest BCUT2D eigenvalue weighted by atomic mass is 32.2. The standard InChI is InChI=1S/C22H30N2O5S/c1-7-18(17-9-11-20(28-4)21(13-17)29-5)23-22(25)14-24(30(6,26)27)19-10-8-15(2)12-16(19)3/h8-13,18H,7,14H2,1-6H3,(H,23,25). The molecule has 164 valence electrons. The van der Waals surface area contributed by atoms with E-state index >= 15 is 0 Å². The molecule has 1 atom stereocenters. The van der Waals surface area contributed by atoms with Crippen molar-refractivity contribution in [3.05, 3.63) is 53.1 Å². The van der Waals surface area contributed by atoms with E-state index in [-0.39, 0.29) is 18.5 Å². The van der Waals surface area contributed by atoms with Gasteiger partial charge in [0.15, 0.2) is 11.5 Å². The molecule has 0 aliphatic rings. The van der Waals surface area contributed by atoms with Crippen LogP contribution >= 0.6 is 0 Å². The van der Waals surface area contributed by atoms with Crippen LogP contribution in [-0.2, 0) is 14.8 Å². The van der Waals surface area contributed by atoms with Crippen molar-refractivity contribution < 1.29 is 22.7 Å². The number of hydrogen-bond donors (Lipinski definition) is 1. The highest BCUT2D eigenvalue weighted by Gasteiger charge is 2.24. The van der Waals surface area contributed by atoms with E-state index in [1.807, 2.05) is 45.0 Å². The summed E-state index contributed by atoms with van der Waals surface area (Å²) in [5, 5.41) is 2.93. The maximum atomic E-state index is 12.8. The van der Waals surface area contributed by atoms with E-state index in [1.165, 1.54) is 0 Å². The number of carbonyl (C=O) groups excluding carboxylic acids is 1. The van der Waals surface area contributed by atoms with Gasteiger partial charge in [-0.25, -0.2) is 8.42 Å². The Bertz CT molecular complexity index is 1000. The Balaban J connectivity index is 2.25. The average molecular weight is 435 g/mol. The van der Waals surface area contributed by atoms with E-state index in [9.17, 15) is 13.2 Å². The SMILES string of the molecule is CCC(NC(=O)CN(c1ccc(C)cc1C)S(C)(=O)=O)c1ccc(OC)c(OC)c1. The van der Waals surface area contributed by atoms with Gasteiger partial charge in [0.25, 0.3) is 0 Å². The third-order valence-corrected chi connectivity index (χ3v) is 5.99. The first-order valence-electron chi connectivity index (χ1n) is 9.67. The summed E-state index contributed by atoms with van der Waals surface area (Å²) >= 11 is 0. The number of hydrogen-bond acceptors (Lipinski definition) is 5. The molecule has 2 aromatic rings. The summed E-state index contributed by atoms with van der Waals surface area (Å²) in [5.74, 6) is 0.776. The average Bonchev–Trinajstić information content (AvgIpc) is 2.69. The van der Waals surface area contributed by atoms with Gasteiger partial charge in [-0.2, -0.15) is 0 Å². The van der Waals surface area contributed by atoms with Crippen molar-refractivity contribution in [2.45, 2.75) is 33.2 Å². The molecule has 0 saturated carbocycles. The van der Waals surface area contributed by atoms with Gasteiger partial charge in [0.05, 0.1) is 32.2 Å². The lowest BCUT2D eigenvalue weighted by Crippen LogP contribution is -2.41. The molecule has 1 N–H and O–H groups in total. The zero-order valence-corrected chi connectivity index (χ0v) is 19.2. The summed E-state index contributed by atoms with van der Waals surface area (Å²) < 4.78 is 36.5. The number of anilines is 1. The van der Waals surface area contributed by atoms with Crippen LogP contribution in [0.15, 0.2) is 36.4 Å². The maximum Gasteiger partial charge on any atom is 0.241 e. The number of benzene rings is 2. The largest absolute Gasteiger partial charge is 0.493 e. The summed E-state index contributed by atoms with van der Waals surface area (Å²) in [7, 11) is -0.530. The molecular formula is C22H30N2O5S. The lowest BCUT2D eigenvalue weighted by Gasteiger charge is -2.25. The van der Waals surface area contributed by atoms with E-state index in [0.717, 1.165) is 27.3 Å². The highest BCUT2D eigenvalue weighted by Crippen LogP contribution is 2.31. The third kappa shape index (κ3) is 5.66. The Morgan fingerprint density at radius 3 is 2.27 bits per heavy atom. The molecule has 0 aromatic heterocycles. The molecule has 2 rings (SSSR count). The minimum Gasteiger partial charge on any atom is -0.493 e. The molecule has 1 unspecified atom stereocenters. The quantitative estimate of drug-likeness (QED) is 0.654. The molecule has 0 fully saturated rings. The molecule has 0 aliphatic heterocycles. The molecular weight excluding hydrogens is 404 g/mol. The zero-order valence-electron chi connectivity index (χ0n) is 18.4. The second-order valence-electron chi connectivity index (χ2n) is 7.20. The van der Waals surface area contributed by atoms with Crippen molar-refractivity contribution in [2.75, 3.05) is 31.3 Å². The van der Waals surface area contributed by atoms with Crippen LogP contribution in [0.25, 0.3) is 0 Å². The second kappa shape index (κ2) is 9.84. The van der Waals surface area contributed by atoms with Gasteiger partial charge in [-0.05, 0) is 49.6 Å². The third-order valence-electron chi connectivity index (χ3n) is 4.86. The van der Waals surface area contributed by atoms with Crippen LogP contribution in [0.5, 0.6) is 11.5 Å². The van der Waals surface area contributed by atoms with Gasteiger partial charge >= 0.3 is 0 Å². The molecule has 0 aliphatic carbocycles. The number of amides is 1. The van der Waals surface area contributed by atoms with Crippen LogP contribution in [0.1, 0.15) is 36.1 Å². The van der Waals surface area contributed by atoms with Crippen LogP contribution in [0.4, 0.5) is 5.69 Å². The first-order chi connectivity index (χ1) is 14.1. The van der Waals surface area contributed by atoms with Crippen LogP contribution < -0.4 is 19.1 Å². The Labute approximate surface area is 179 Å². The normalized spacial score (nSPS) is 12.2. The number of sulfonamides is 1. The van der Waals surface area contributed by atoms with Gasteiger partial charge in [0, 0.05) is 0 Å². The number of nitrogens with one attached hydrogen (secondary N) is 1. The summed E-state index contributed by atoms with van der Waals surface area (Å²) in [4.78, 5) is 12.8. The number of aryl methyl sites for hydroxylation is 2. The van der Waals surface area contributed by atoms with Crippen molar-refractivity contribution in [3.8, 4) is 11.5 Å². The van der Waals surface area contributed by atoms with Gasteiger partial charge in [0.1, 0.15) is 6.54 Å². The van der Waals surface area contributed by atoms with E-state index in [1.54, 1.807) is 26.4 Å². The van der Waals surface area contributed by atoms with Gasteiger partial charge in [-0.3, -0.25) is 9.10 Å². The van der Waals surface area contributed by atoms with Crippen LogP contribution in [0.3, 0.4) is 0 Å². The predicted octanol–water partition coefficient (Wildman–Crippen LogP) is 3.35. The highest BCUT2D eigenvalue weighted by molar-refractivity contribution is 7.92. The first-order valence-corrected chi connectivity index (χ1v) is 11.5. The van der Waals surface area contributed by atoms with Crippen LogP contribution in [0.2, 0.25) is 0 Å². The van der Waals surface area contributed by atoms with Crippen LogP contribution in [0, 0.1) is 13.8 Å². The Hall–Kier alpha value is -2.74. The molecule has 0 bridgehead atoms. The fraction of sp³-hybridized carbons (Fsp3) is 0.409. The van der Waals surface area contributed by atoms with Gasteiger partial charge in [0.2, 0.25) is 15.9 Å².